The largest absolute Gasteiger partial charge is 0.413 e. The van der Waals surface area contributed by atoms with Gasteiger partial charge in [-0.2, -0.15) is 22.0 Å². The minimum Gasteiger partial charge on any atom is -0.368 e. The van der Waals surface area contributed by atoms with Gasteiger partial charge in [0.2, 0.25) is 0 Å². The number of anilines is 3. The quantitative estimate of drug-likeness (QED) is 0.469. The Morgan fingerprint density at radius 3 is 2.36 bits per heavy atom. The number of hydrogen-bond donors (Lipinski definition) is 2. The van der Waals surface area contributed by atoms with Crippen molar-refractivity contribution in [3.05, 3.63) is 65.8 Å². The van der Waals surface area contributed by atoms with E-state index in [1.165, 1.54) is 43.5 Å². The van der Waals surface area contributed by atoms with Crippen LogP contribution in [-0.2, 0) is 5.92 Å². The van der Waals surface area contributed by atoms with Gasteiger partial charge in [0.05, 0.1) is 0 Å². The van der Waals surface area contributed by atoms with Crippen LogP contribution < -0.4 is 10.6 Å². The van der Waals surface area contributed by atoms with Gasteiger partial charge >= 0.3 is 6.18 Å². The second kappa shape index (κ2) is 9.29. The minimum atomic E-state index is -4.45. The molecule has 10 heteroatoms. The van der Waals surface area contributed by atoms with Gasteiger partial charge in [0.1, 0.15) is 17.3 Å². The van der Waals surface area contributed by atoms with E-state index in [2.05, 4.69) is 25.6 Å². The monoisotopic (exact) mass is 465 g/mol. The zero-order chi connectivity index (χ0) is 24.4. The summed E-state index contributed by atoms with van der Waals surface area (Å²) in [6, 6.07) is 4.34. The Balaban J connectivity index is 2.00. The summed E-state index contributed by atoms with van der Waals surface area (Å²) in [6.45, 7) is 6.01. The molecule has 0 saturated heterocycles. The highest BCUT2D eigenvalue weighted by Gasteiger charge is 2.36. The third-order valence-electron chi connectivity index (χ3n) is 4.70. The van der Waals surface area contributed by atoms with Crippen molar-refractivity contribution in [3.8, 4) is 0 Å². The summed E-state index contributed by atoms with van der Waals surface area (Å²) in [5.41, 5.74) is -0.338. The highest BCUT2D eigenvalue weighted by atomic mass is 19.4. The zero-order valence-corrected chi connectivity index (χ0v) is 18.5. The summed E-state index contributed by atoms with van der Waals surface area (Å²) < 4.78 is 67.2. The number of nitrogens with zero attached hydrogens (tertiary/aromatic N) is 3. The maximum absolute atomic E-state index is 13.7. The van der Waals surface area contributed by atoms with E-state index in [1.54, 1.807) is 6.07 Å². The van der Waals surface area contributed by atoms with Gasteiger partial charge in [-0.25, -0.2) is 9.97 Å². The molecule has 1 unspecified atom stereocenters. The van der Waals surface area contributed by atoms with Crippen molar-refractivity contribution in [2.75, 3.05) is 10.6 Å². The lowest BCUT2D eigenvalue weighted by molar-refractivity contribution is -0.0965. The SMILES string of the molecule is CC(C)Nc1cc(Nc2ccnc(C(C)(F)F)c2)nc(C2=CC(C)C(C(F)(F)F)=CC=C2)n1. The Bertz CT molecular complexity index is 1100. The standard InChI is InChI=1S/C23H24F5N5/c1-13(2)30-19-12-20(31-16-8-9-29-18(11-16)22(4,24)25)33-21(32-19)15-6-5-7-17(14(3)10-15)23(26,27)28/h5-14H,1-4H3,(H2,29,30,31,32,33). The topological polar surface area (TPSA) is 62.7 Å². The van der Waals surface area contributed by atoms with E-state index < -0.39 is 29.3 Å². The second-order valence-corrected chi connectivity index (χ2v) is 8.09. The number of alkyl halides is 5. The molecule has 2 aromatic heterocycles. The molecule has 0 aromatic carbocycles. The van der Waals surface area contributed by atoms with Crippen LogP contribution in [0.3, 0.4) is 0 Å². The van der Waals surface area contributed by atoms with E-state index >= 15 is 0 Å². The zero-order valence-electron chi connectivity index (χ0n) is 18.5. The first-order chi connectivity index (χ1) is 15.3. The molecule has 176 valence electrons. The van der Waals surface area contributed by atoms with Crippen molar-refractivity contribution in [3.63, 3.8) is 0 Å². The van der Waals surface area contributed by atoms with E-state index in [4.69, 9.17) is 0 Å². The van der Waals surface area contributed by atoms with Crippen molar-refractivity contribution in [2.24, 2.45) is 5.92 Å². The van der Waals surface area contributed by atoms with Gasteiger partial charge in [-0.05, 0) is 26.0 Å². The predicted molar refractivity (Wildman–Crippen MR) is 118 cm³/mol. The van der Waals surface area contributed by atoms with Gasteiger partial charge in [0.15, 0.2) is 5.82 Å². The van der Waals surface area contributed by atoms with Crippen LogP contribution in [0, 0.1) is 5.92 Å². The van der Waals surface area contributed by atoms with Crippen molar-refractivity contribution >= 4 is 22.9 Å². The average Bonchev–Trinajstić information content (AvgIpc) is 2.88. The molecule has 2 heterocycles. The molecule has 1 aliphatic rings. The molecule has 5 nitrogen and oxygen atoms in total. The van der Waals surface area contributed by atoms with Crippen molar-refractivity contribution in [1.82, 2.24) is 15.0 Å². The molecule has 0 radical (unpaired) electrons. The fraction of sp³-hybridized carbons (Fsp3) is 0.348. The summed E-state index contributed by atoms with van der Waals surface area (Å²) in [7, 11) is 0. The minimum absolute atomic E-state index is 0.0167. The van der Waals surface area contributed by atoms with E-state index in [0.29, 0.717) is 17.1 Å². The maximum atomic E-state index is 13.7. The smallest absolute Gasteiger partial charge is 0.368 e. The Morgan fingerprint density at radius 2 is 1.73 bits per heavy atom. The van der Waals surface area contributed by atoms with Crippen LogP contribution in [0.4, 0.5) is 39.3 Å². The first-order valence-electron chi connectivity index (χ1n) is 10.3. The Hall–Kier alpha value is -3.30. The lowest BCUT2D eigenvalue weighted by Gasteiger charge is -2.16. The Morgan fingerprint density at radius 1 is 1.03 bits per heavy atom. The molecule has 0 aliphatic heterocycles. The van der Waals surface area contributed by atoms with E-state index in [1.807, 2.05) is 13.8 Å². The maximum Gasteiger partial charge on any atom is 0.413 e. The van der Waals surface area contributed by atoms with Gasteiger partial charge in [-0.3, -0.25) is 4.98 Å². The molecule has 0 fully saturated rings. The van der Waals surface area contributed by atoms with Crippen LogP contribution in [0.2, 0.25) is 0 Å². The van der Waals surface area contributed by atoms with Gasteiger partial charge in [0.25, 0.3) is 5.92 Å². The number of halogens is 5. The van der Waals surface area contributed by atoms with Crippen molar-refractivity contribution < 1.29 is 22.0 Å². The Kier molecular flexibility index (Phi) is 6.85. The fourth-order valence-electron chi connectivity index (χ4n) is 3.23. The van der Waals surface area contributed by atoms with E-state index in [0.717, 1.165) is 13.0 Å². The predicted octanol–water partition coefficient (Wildman–Crippen LogP) is 6.63. The first-order valence-corrected chi connectivity index (χ1v) is 10.3. The van der Waals surface area contributed by atoms with Crippen LogP contribution in [0.15, 0.2) is 54.3 Å². The summed E-state index contributed by atoms with van der Waals surface area (Å²) in [5.74, 6) is -3.11. The van der Waals surface area contributed by atoms with Crippen molar-refractivity contribution in [2.45, 2.75) is 45.8 Å². The lowest BCUT2D eigenvalue weighted by atomic mass is 9.99. The molecule has 0 amide bonds. The molecular formula is C23H24F5N5. The van der Waals surface area contributed by atoms with Crippen LogP contribution >= 0.6 is 0 Å². The van der Waals surface area contributed by atoms with Gasteiger partial charge in [-0.1, -0.05) is 31.2 Å². The molecule has 0 spiro atoms. The number of nitrogens with one attached hydrogen (secondary N) is 2. The van der Waals surface area contributed by atoms with Crippen LogP contribution in [0.1, 0.15) is 39.2 Å². The molecule has 2 aromatic rings. The highest BCUT2D eigenvalue weighted by molar-refractivity contribution is 5.74. The number of pyridine rings is 1. The van der Waals surface area contributed by atoms with Crippen LogP contribution in [-0.4, -0.2) is 27.2 Å². The normalized spacial score (nSPS) is 16.8. The molecule has 0 saturated carbocycles. The highest BCUT2D eigenvalue weighted by Crippen LogP contribution is 2.35. The molecule has 1 atom stereocenters. The Labute approximate surface area is 188 Å². The third-order valence-corrected chi connectivity index (χ3v) is 4.70. The summed E-state index contributed by atoms with van der Waals surface area (Å²) in [6.07, 6.45) is 2.11. The lowest BCUT2D eigenvalue weighted by Crippen LogP contribution is -2.17. The summed E-state index contributed by atoms with van der Waals surface area (Å²) >= 11 is 0. The van der Waals surface area contributed by atoms with E-state index in [-0.39, 0.29) is 17.7 Å². The molecule has 3 rings (SSSR count). The molecule has 33 heavy (non-hydrogen) atoms. The third kappa shape index (κ3) is 6.36. The number of rotatable bonds is 6. The first kappa shape index (κ1) is 24.3. The van der Waals surface area contributed by atoms with Gasteiger partial charge in [0, 0.05) is 48.0 Å². The molecule has 2 N–H and O–H groups in total. The number of allylic oxidation sites excluding steroid dienone is 6. The van der Waals surface area contributed by atoms with Crippen LogP contribution in [0.5, 0.6) is 0 Å². The molecule has 1 aliphatic carbocycles. The van der Waals surface area contributed by atoms with Gasteiger partial charge in [-0.15, -0.1) is 0 Å². The number of aromatic nitrogens is 3. The van der Waals surface area contributed by atoms with Crippen molar-refractivity contribution in [1.29, 1.82) is 0 Å². The van der Waals surface area contributed by atoms with Gasteiger partial charge < -0.3 is 10.6 Å². The fourth-order valence-corrected chi connectivity index (χ4v) is 3.23. The summed E-state index contributed by atoms with van der Waals surface area (Å²) in [4.78, 5) is 12.6. The molecule has 0 bridgehead atoms. The van der Waals surface area contributed by atoms with Crippen LogP contribution in [0.25, 0.3) is 5.57 Å². The second-order valence-electron chi connectivity index (χ2n) is 8.09. The average molecular weight is 465 g/mol. The van der Waals surface area contributed by atoms with E-state index in [9.17, 15) is 22.0 Å². The molecular weight excluding hydrogens is 441 g/mol. The summed E-state index contributed by atoms with van der Waals surface area (Å²) in [5, 5.41) is 6.10. The number of hydrogen-bond acceptors (Lipinski definition) is 5.